The van der Waals surface area contributed by atoms with E-state index in [0.717, 1.165) is 17.5 Å². The van der Waals surface area contributed by atoms with Crippen molar-refractivity contribution in [2.75, 3.05) is 0 Å². The van der Waals surface area contributed by atoms with Crippen molar-refractivity contribution < 1.29 is 9.59 Å². The van der Waals surface area contributed by atoms with Gasteiger partial charge in [0.15, 0.2) is 5.78 Å². The molecule has 1 aromatic rings. The molecule has 0 aliphatic heterocycles. The van der Waals surface area contributed by atoms with Crippen LogP contribution in [0.2, 0.25) is 0 Å². The lowest BCUT2D eigenvalue weighted by molar-refractivity contribution is -0.121. The molecule has 0 saturated carbocycles. The molecule has 1 N–H and O–H groups in total. The fraction of sp³-hybridized carbons (Fsp3) is 0.529. The summed E-state index contributed by atoms with van der Waals surface area (Å²) in [5, 5.41) is 2.90. The fourth-order valence-corrected chi connectivity index (χ4v) is 1.83. The Balaban J connectivity index is 2.46. The summed E-state index contributed by atoms with van der Waals surface area (Å²) in [6.07, 6.45) is 1.48. The van der Waals surface area contributed by atoms with Crippen molar-refractivity contribution in [3.8, 4) is 0 Å². The second-order valence-electron chi connectivity index (χ2n) is 5.93. The van der Waals surface area contributed by atoms with Crippen LogP contribution < -0.4 is 5.32 Å². The molecule has 0 fully saturated rings. The SMILES string of the molecule is CC(C)CCC(=O)NCc1ccc(C(=O)C(C)C)cc1. The van der Waals surface area contributed by atoms with Gasteiger partial charge in [0.25, 0.3) is 0 Å². The van der Waals surface area contributed by atoms with Crippen molar-refractivity contribution in [2.45, 2.75) is 47.1 Å². The minimum atomic E-state index is 0.0107. The van der Waals surface area contributed by atoms with Crippen LogP contribution in [-0.4, -0.2) is 11.7 Å². The number of Topliss-reactive ketones (excluding diaryl/α,β-unsaturated/α-hetero) is 1. The maximum absolute atomic E-state index is 11.8. The molecule has 0 atom stereocenters. The minimum Gasteiger partial charge on any atom is -0.352 e. The molecule has 0 aliphatic carbocycles. The number of hydrogen-bond donors (Lipinski definition) is 1. The third-order valence-corrected chi connectivity index (χ3v) is 3.20. The Hall–Kier alpha value is -1.64. The molecule has 0 aromatic heterocycles. The first kappa shape index (κ1) is 16.4. The predicted molar refractivity (Wildman–Crippen MR) is 81.5 cm³/mol. The number of hydrogen-bond acceptors (Lipinski definition) is 2. The minimum absolute atomic E-state index is 0.0107. The van der Waals surface area contributed by atoms with Crippen LogP contribution in [0.4, 0.5) is 0 Å². The second kappa shape index (κ2) is 7.83. The fourth-order valence-electron chi connectivity index (χ4n) is 1.83. The van der Waals surface area contributed by atoms with Crippen molar-refractivity contribution in [3.63, 3.8) is 0 Å². The maximum Gasteiger partial charge on any atom is 0.220 e. The van der Waals surface area contributed by atoms with Crippen molar-refractivity contribution in [1.82, 2.24) is 5.32 Å². The van der Waals surface area contributed by atoms with E-state index in [-0.39, 0.29) is 17.6 Å². The summed E-state index contributed by atoms with van der Waals surface area (Å²) in [5.41, 5.74) is 1.75. The van der Waals surface area contributed by atoms with Gasteiger partial charge in [0.1, 0.15) is 0 Å². The van der Waals surface area contributed by atoms with E-state index in [2.05, 4.69) is 19.2 Å². The Morgan fingerprint density at radius 2 is 1.65 bits per heavy atom. The topological polar surface area (TPSA) is 46.2 Å². The van der Waals surface area contributed by atoms with E-state index < -0.39 is 0 Å². The largest absolute Gasteiger partial charge is 0.352 e. The zero-order chi connectivity index (χ0) is 15.1. The van der Waals surface area contributed by atoms with Gasteiger partial charge in [0, 0.05) is 24.4 Å². The number of ketones is 1. The molecule has 0 bridgehead atoms. The summed E-state index contributed by atoms with van der Waals surface area (Å²) in [6.45, 7) is 8.53. The molecule has 0 radical (unpaired) electrons. The molecule has 0 aliphatic rings. The number of carbonyl (C=O) groups is 2. The maximum atomic E-state index is 11.8. The van der Waals surface area contributed by atoms with Gasteiger partial charge in [-0.2, -0.15) is 0 Å². The lowest BCUT2D eigenvalue weighted by Gasteiger charge is -2.08. The summed E-state index contributed by atoms with van der Waals surface area (Å²) in [5.74, 6) is 0.789. The Morgan fingerprint density at radius 3 is 2.15 bits per heavy atom. The van der Waals surface area contributed by atoms with Crippen LogP contribution >= 0.6 is 0 Å². The molecular formula is C17H25NO2. The zero-order valence-electron chi connectivity index (χ0n) is 12.9. The van der Waals surface area contributed by atoms with Crippen LogP contribution in [-0.2, 0) is 11.3 Å². The molecule has 0 heterocycles. The van der Waals surface area contributed by atoms with Gasteiger partial charge in [-0.1, -0.05) is 52.0 Å². The molecule has 110 valence electrons. The van der Waals surface area contributed by atoms with Crippen molar-refractivity contribution >= 4 is 11.7 Å². The van der Waals surface area contributed by atoms with E-state index in [1.165, 1.54) is 0 Å². The van der Waals surface area contributed by atoms with Crippen molar-refractivity contribution in [1.29, 1.82) is 0 Å². The summed E-state index contributed by atoms with van der Waals surface area (Å²) in [4.78, 5) is 23.4. The Labute approximate surface area is 121 Å². The van der Waals surface area contributed by atoms with E-state index in [9.17, 15) is 9.59 Å². The quantitative estimate of drug-likeness (QED) is 0.773. The van der Waals surface area contributed by atoms with Gasteiger partial charge in [-0.3, -0.25) is 9.59 Å². The van der Waals surface area contributed by atoms with E-state index in [1.54, 1.807) is 0 Å². The van der Waals surface area contributed by atoms with Crippen LogP contribution in [0.25, 0.3) is 0 Å². The third-order valence-electron chi connectivity index (χ3n) is 3.20. The number of benzene rings is 1. The monoisotopic (exact) mass is 275 g/mol. The normalized spacial score (nSPS) is 10.9. The second-order valence-corrected chi connectivity index (χ2v) is 5.93. The molecule has 0 saturated heterocycles. The van der Waals surface area contributed by atoms with Crippen LogP contribution in [0.1, 0.15) is 56.5 Å². The molecule has 1 rings (SSSR count). The summed E-state index contributed by atoms with van der Waals surface area (Å²) < 4.78 is 0. The van der Waals surface area contributed by atoms with Crippen molar-refractivity contribution in [3.05, 3.63) is 35.4 Å². The van der Waals surface area contributed by atoms with E-state index >= 15 is 0 Å². The first-order valence-corrected chi connectivity index (χ1v) is 7.30. The van der Waals surface area contributed by atoms with Crippen LogP contribution in [0.3, 0.4) is 0 Å². The zero-order valence-corrected chi connectivity index (χ0v) is 12.9. The van der Waals surface area contributed by atoms with Crippen molar-refractivity contribution in [2.24, 2.45) is 11.8 Å². The predicted octanol–water partition coefficient (Wildman–Crippen LogP) is 3.58. The van der Waals surface area contributed by atoms with Gasteiger partial charge in [-0.25, -0.2) is 0 Å². The molecule has 1 amide bonds. The Kier molecular flexibility index (Phi) is 6.43. The van der Waals surface area contributed by atoms with Gasteiger partial charge in [0.2, 0.25) is 5.91 Å². The molecule has 1 aromatic carbocycles. The third kappa shape index (κ3) is 5.55. The first-order valence-electron chi connectivity index (χ1n) is 7.30. The molecule has 20 heavy (non-hydrogen) atoms. The lowest BCUT2D eigenvalue weighted by atomic mass is 10.00. The van der Waals surface area contributed by atoms with Gasteiger partial charge < -0.3 is 5.32 Å². The lowest BCUT2D eigenvalue weighted by Crippen LogP contribution is -2.22. The highest BCUT2D eigenvalue weighted by Gasteiger charge is 2.10. The molecule has 0 unspecified atom stereocenters. The number of rotatable bonds is 7. The van der Waals surface area contributed by atoms with E-state index in [0.29, 0.717) is 18.9 Å². The van der Waals surface area contributed by atoms with Crippen LogP contribution in [0, 0.1) is 11.8 Å². The first-order chi connectivity index (χ1) is 9.40. The standard InChI is InChI=1S/C17H25NO2/c1-12(2)5-10-16(19)18-11-14-6-8-15(9-7-14)17(20)13(3)4/h6-9,12-13H,5,10-11H2,1-4H3,(H,18,19). The number of nitrogens with one attached hydrogen (secondary N) is 1. The number of amides is 1. The van der Waals surface area contributed by atoms with E-state index in [4.69, 9.17) is 0 Å². The smallest absolute Gasteiger partial charge is 0.220 e. The molecular weight excluding hydrogens is 250 g/mol. The summed E-state index contributed by atoms with van der Waals surface area (Å²) >= 11 is 0. The summed E-state index contributed by atoms with van der Waals surface area (Å²) in [6, 6.07) is 7.46. The van der Waals surface area contributed by atoms with Gasteiger partial charge in [-0.15, -0.1) is 0 Å². The Bertz CT molecular complexity index is 447. The molecule has 3 nitrogen and oxygen atoms in total. The highest BCUT2D eigenvalue weighted by atomic mass is 16.1. The van der Waals surface area contributed by atoms with Crippen LogP contribution in [0.15, 0.2) is 24.3 Å². The average molecular weight is 275 g/mol. The van der Waals surface area contributed by atoms with Crippen LogP contribution in [0.5, 0.6) is 0 Å². The van der Waals surface area contributed by atoms with Gasteiger partial charge >= 0.3 is 0 Å². The number of carbonyl (C=O) groups excluding carboxylic acids is 2. The summed E-state index contributed by atoms with van der Waals surface area (Å²) in [7, 11) is 0. The molecule has 3 heteroatoms. The van der Waals surface area contributed by atoms with Gasteiger partial charge in [-0.05, 0) is 17.9 Å². The highest BCUT2D eigenvalue weighted by Crippen LogP contribution is 2.10. The van der Waals surface area contributed by atoms with Gasteiger partial charge in [0.05, 0.1) is 0 Å². The van der Waals surface area contributed by atoms with E-state index in [1.807, 2.05) is 38.1 Å². The average Bonchev–Trinajstić information content (AvgIpc) is 2.42. The Morgan fingerprint density at radius 1 is 1.05 bits per heavy atom. The molecule has 0 spiro atoms. The highest BCUT2D eigenvalue weighted by molar-refractivity contribution is 5.97.